The zero-order chi connectivity index (χ0) is 50.3. The molecule has 3 rings (SSSR count). The molecule has 0 unspecified atom stereocenters. The second kappa shape index (κ2) is 22.4. The van der Waals surface area contributed by atoms with Crippen LogP contribution in [0.5, 0.6) is 0 Å². The summed E-state index contributed by atoms with van der Waals surface area (Å²) in [6.07, 6.45) is -12.9. The van der Waals surface area contributed by atoms with Gasteiger partial charge in [0.15, 0.2) is 6.29 Å². The van der Waals surface area contributed by atoms with Crippen molar-refractivity contribution in [3.8, 4) is 0 Å². The summed E-state index contributed by atoms with van der Waals surface area (Å²) in [6, 6.07) is -4.88. The highest BCUT2D eigenvalue weighted by molar-refractivity contribution is 5.81. The molecule has 66 heavy (non-hydrogen) atoms. The number of likely N-dealkylation sites (N-methyl/N-ethyl adjacent to an activating group) is 1. The van der Waals surface area contributed by atoms with E-state index in [1.807, 2.05) is 0 Å². The van der Waals surface area contributed by atoms with Crippen LogP contribution in [0.25, 0.3) is 0 Å². The fourth-order valence-electron chi connectivity index (χ4n) is 7.50. The summed E-state index contributed by atoms with van der Waals surface area (Å²) in [7, 11) is 1.31. The Morgan fingerprint density at radius 3 is 1.80 bits per heavy atom. The summed E-state index contributed by atoms with van der Waals surface area (Å²) >= 11 is 0. The number of nitrogens with one attached hydrogen (secondary N) is 3. The summed E-state index contributed by atoms with van der Waals surface area (Å²) in [5.74, 6) is -1.18. The summed E-state index contributed by atoms with van der Waals surface area (Å²) in [4.78, 5) is 66.8. The Balaban J connectivity index is 2.08. The molecular weight excluding hydrogens is 871 g/mol. The average molecular weight is 948 g/mol. The van der Waals surface area contributed by atoms with Gasteiger partial charge in [-0.1, -0.05) is 0 Å². The molecule has 1 saturated carbocycles. The van der Waals surface area contributed by atoms with Crippen LogP contribution >= 0.6 is 0 Å². The van der Waals surface area contributed by atoms with Crippen LogP contribution in [0.3, 0.4) is 0 Å². The molecule has 0 aromatic heterocycles. The van der Waals surface area contributed by atoms with Crippen LogP contribution in [-0.4, -0.2) is 171 Å². The molecule has 0 spiro atoms. The number of alkyl carbamates (subject to hydrolysis) is 2. The molecule has 380 valence electrons. The molecule has 9 N–H and O–H groups in total. The zero-order valence-electron chi connectivity index (χ0n) is 41.0. The van der Waals surface area contributed by atoms with Gasteiger partial charge >= 0.3 is 24.2 Å². The summed E-state index contributed by atoms with van der Waals surface area (Å²) in [5.41, 5.74) is 0.540. The Morgan fingerprint density at radius 2 is 1.29 bits per heavy atom. The van der Waals surface area contributed by atoms with Gasteiger partial charge in [-0.05, 0) is 122 Å². The van der Waals surface area contributed by atoms with Crippen LogP contribution in [-0.2, 0) is 47.5 Å². The minimum atomic E-state index is -1.87. The van der Waals surface area contributed by atoms with Crippen molar-refractivity contribution >= 4 is 30.2 Å². The van der Waals surface area contributed by atoms with Gasteiger partial charge in [0.1, 0.15) is 64.3 Å². The van der Waals surface area contributed by atoms with E-state index in [2.05, 4.69) is 16.0 Å². The number of nitrogens with zero attached hydrogens (tertiary/aromatic N) is 1. The van der Waals surface area contributed by atoms with E-state index in [1.165, 1.54) is 14.0 Å². The number of hydrogen-bond donors (Lipinski definition) is 8. The summed E-state index contributed by atoms with van der Waals surface area (Å²) in [5, 5.41) is 54.8. The van der Waals surface area contributed by atoms with E-state index in [1.54, 1.807) is 89.2 Å². The van der Waals surface area contributed by atoms with Crippen molar-refractivity contribution in [1.29, 1.82) is 0 Å². The number of carbonyl (C=O) groups is 5. The number of aliphatic hydroxyl groups is 4. The molecule has 0 aromatic rings. The predicted molar refractivity (Wildman–Crippen MR) is 235 cm³/mol. The number of nitrogens with two attached hydrogens (primary N) is 1. The van der Waals surface area contributed by atoms with Crippen molar-refractivity contribution in [3.63, 3.8) is 0 Å². The first kappa shape index (κ1) is 56.3. The maximum Gasteiger partial charge on any atom is 0.410 e. The molecule has 1 saturated heterocycles. The lowest BCUT2D eigenvalue weighted by Gasteiger charge is -2.50. The van der Waals surface area contributed by atoms with E-state index in [-0.39, 0.29) is 44.4 Å². The first-order valence-electron chi connectivity index (χ1n) is 22.3. The molecule has 0 aromatic carbocycles. The van der Waals surface area contributed by atoms with Gasteiger partial charge in [0.05, 0.1) is 37.3 Å². The Bertz CT molecular complexity index is 1700. The molecular formula is C44H77N5O17. The second-order valence-electron chi connectivity index (χ2n) is 21.2. The Hall–Kier alpha value is -4.03. The molecule has 2 heterocycles. The topological polar surface area (TPSA) is 305 Å². The van der Waals surface area contributed by atoms with Gasteiger partial charge in [-0.15, -0.1) is 0 Å². The van der Waals surface area contributed by atoms with Gasteiger partial charge in [-0.2, -0.15) is 0 Å². The third kappa shape index (κ3) is 17.6. The Morgan fingerprint density at radius 1 is 0.788 bits per heavy atom. The lowest BCUT2D eigenvalue weighted by atomic mass is 9.82. The molecule has 2 fully saturated rings. The molecule has 2 aliphatic heterocycles. The van der Waals surface area contributed by atoms with Gasteiger partial charge in [0, 0.05) is 13.5 Å². The largest absolute Gasteiger partial charge is 0.466 e. The SMILES string of the molecule is CN(C(=O)OC(C)(C)C)[C@@H]1[C@@H](O)[C@@H](O[C@@H]2[C@@H](O)[C@H](O[C@H]3OC(CN)=CC[C@H]3NC(=O)OC(C)(C)C)[C@@H](NC(=O)OC(C)(C)C)C[C@H]2NC(=O)[C@@H](O)CCCC(=O)OC(C)(C)C)OC[C@]1(C)O. The normalized spacial score (nSPS) is 30.1. The minimum Gasteiger partial charge on any atom is -0.466 e. The number of amides is 4. The second-order valence-corrected chi connectivity index (χ2v) is 21.2. The fourth-order valence-corrected chi connectivity index (χ4v) is 7.50. The number of hydrogen-bond acceptors (Lipinski definition) is 18. The smallest absolute Gasteiger partial charge is 0.410 e. The van der Waals surface area contributed by atoms with Crippen molar-refractivity contribution < 1.29 is 82.3 Å². The van der Waals surface area contributed by atoms with Crippen molar-refractivity contribution in [2.45, 2.75) is 217 Å². The minimum absolute atomic E-state index is 0.0641. The number of esters is 1. The first-order chi connectivity index (χ1) is 30.1. The third-order valence-electron chi connectivity index (χ3n) is 10.1. The Kier molecular flexibility index (Phi) is 19.1. The molecule has 22 nitrogen and oxygen atoms in total. The van der Waals surface area contributed by atoms with Crippen LogP contribution < -0.4 is 21.7 Å². The molecule has 12 atom stereocenters. The molecule has 1 aliphatic carbocycles. The third-order valence-corrected chi connectivity index (χ3v) is 10.1. The van der Waals surface area contributed by atoms with E-state index >= 15 is 0 Å². The maximum atomic E-state index is 13.7. The quantitative estimate of drug-likeness (QED) is 0.0912. The molecule has 0 bridgehead atoms. The number of carbonyl (C=O) groups excluding carboxylic acids is 5. The first-order valence-corrected chi connectivity index (χ1v) is 22.3. The monoisotopic (exact) mass is 948 g/mol. The average Bonchev–Trinajstić information content (AvgIpc) is 3.12. The van der Waals surface area contributed by atoms with Crippen molar-refractivity contribution in [2.75, 3.05) is 20.2 Å². The van der Waals surface area contributed by atoms with E-state index < -0.39 is 132 Å². The number of rotatable bonds is 14. The number of ether oxygens (including phenoxy) is 8. The highest BCUT2D eigenvalue weighted by atomic mass is 16.7. The number of aliphatic hydroxyl groups excluding tert-OH is 3. The molecule has 0 radical (unpaired) electrons. The summed E-state index contributed by atoms with van der Waals surface area (Å²) in [6.45, 7) is 20.8. The lowest BCUT2D eigenvalue weighted by Crippen LogP contribution is -2.71. The van der Waals surface area contributed by atoms with Crippen molar-refractivity contribution in [2.24, 2.45) is 5.73 Å². The highest BCUT2D eigenvalue weighted by Crippen LogP contribution is 2.35. The molecule has 22 heteroatoms. The van der Waals surface area contributed by atoms with Gasteiger partial charge in [0.25, 0.3) is 0 Å². The van der Waals surface area contributed by atoms with E-state index in [0.29, 0.717) is 0 Å². The van der Waals surface area contributed by atoms with Crippen LogP contribution in [0.1, 0.15) is 122 Å². The van der Waals surface area contributed by atoms with Gasteiger partial charge in [0.2, 0.25) is 12.2 Å². The fraction of sp³-hybridized carbons (Fsp3) is 0.841. The van der Waals surface area contributed by atoms with Gasteiger partial charge < -0.3 is 84.9 Å². The van der Waals surface area contributed by atoms with E-state index in [9.17, 15) is 44.4 Å². The van der Waals surface area contributed by atoms with Crippen LogP contribution in [0.4, 0.5) is 14.4 Å². The molecule has 4 amide bonds. The lowest BCUT2D eigenvalue weighted by molar-refractivity contribution is -0.311. The Labute approximate surface area is 387 Å². The maximum absolute atomic E-state index is 13.7. The summed E-state index contributed by atoms with van der Waals surface area (Å²) < 4.78 is 46.6. The van der Waals surface area contributed by atoms with Crippen LogP contribution in [0, 0.1) is 0 Å². The van der Waals surface area contributed by atoms with Crippen molar-refractivity contribution in [1.82, 2.24) is 20.9 Å². The van der Waals surface area contributed by atoms with Crippen LogP contribution in [0.15, 0.2) is 11.8 Å². The van der Waals surface area contributed by atoms with Crippen molar-refractivity contribution in [3.05, 3.63) is 11.8 Å². The van der Waals surface area contributed by atoms with Gasteiger partial charge in [-0.3, -0.25) is 9.59 Å². The highest BCUT2D eigenvalue weighted by Gasteiger charge is 2.55. The predicted octanol–water partition coefficient (Wildman–Crippen LogP) is 1.96. The standard InChI is InChI=1S/C44H77N5O17/c1-40(2,3)63-28(51)17-15-16-27(50)34(54)46-25-20-26(48-38(56)65-42(7,8)9)32(61-35-24(19-18-23(21-45)60-35)47-37(55)64-41(4,5)6)29(52)31(25)62-36-30(53)33(44(13,58)22-59-36)49(14)39(57)66-43(10,11)12/h18,24-27,29-33,35-36,50,52-53,58H,15-17,19-22,45H2,1-14H3,(H,46,54)(H,47,55)(H,48,56)/t24-,25-,26+,27+,29-,30-,31+,32-,33-,35-,36-,44+/m1/s1. The van der Waals surface area contributed by atoms with E-state index in [4.69, 9.17) is 43.6 Å². The molecule has 3 aliphatic rings. The van der Waals surface area contributed by atoms with Crippen LogP contribution in [0.2, 0.25) is 0 Å². The van der Waals surface area contributed by atoms with Gasteiger partial charge in [-0.25, -0.2) is 14.4 Å². The van der Waals surface area contributed by atoms with E-state index in [0.717, 1.165) is 4.90 Å². The zero-order valence-corrected chi connectivity index (χ0v) is 41.0.